The van der Waals surface area contributed by atoms with Gasteiger partial charge in [-0.3, -0.25) is 9.59 Å². The van der Waals surface area contributed by atoms with Crippen molar-refractivity contribution in [2.45, 2.75) is 6.92 Å². The van der Waals surface area contributed by atoms with E-state index in [1.54, 1.807) is 24.3 Å². The molecular formula is C19H15ClFNO4. The van der Waals surface area contributed by atoms with Gasteiger partial charge in [-0.1, -0.05) is 29.8 Å². The molecule has 0 heterocycles. The van der Waals surface area contributed by atoms with Crippen LogP contribution in [0.5, 0.6) is 0 Å². The third kappa shape index (κ3) is 5.53. The second-order valence-corrected chi connectivity index (χ2v) is 5.67. The molecule has 1 amide bonds. The fourth-order valence-electron chi connectivity index (χ4n) is 2.05. The lowest BCUT2D eigenvalue weighted by Gasteiger charge is -2.06. The third-order valence-corrected chi connectivity index (χ3v) is 3.58. The Morgan fingerprint density at radius 3 is 2.58 bits per heavy atom. The lowest BCUT2D eigenvalue weighted by Crippen LogP contribution is -2.14. The molecule has 0 aromatic heterocycles. The molecule has 0 aliphatic carbocycles. The first kappa shape index (κ1) is 19.3. The lowest BCUT2D eigenvalue weighted by atomic mass is 10.1. The fraction of sp³-hybridized carbons (Fsp3) is 0.105. The van der Waals surface area contributed by atoms with Crippen molar-refractivity contribution in [2.24, 2.45) is 0 Å². The minimum Gasteiger partial charge on any atom is -0.454 e. The van der Waals surface area contributed by atoms with Crippen molar-refractivity contribution < 1.29 is 23.5 Å². The summed E-state index contributed by atoms with van der Waals surface area (Å²) in [5.74, 6) is -2.63. The molecule has 0 saturated heterocycles. The quantitative estimate of drug-likeness (QED) is 0.472. The number of amides is 1. The van der Waals surface area contributed by atoms with E-state index in [-0.39, 0.29) is 17.2 Å². The molecule has 2 aromatic carbocycles. The van der Waals surface area contributed by atoms with Gasteiger partial charge in [-0.05, 0) is 35.9 Å². The summed E-state index contributed by atoms with van der Waals surface area (Å²) in [5.41, 5.74) is 0.616. The SMILES string of the molecule is CC(=O)Nc1ccc(C(=O)COC(=O)/C=C/c2ccccc2Cl)c(F)c1. The first-order valence-electron chi connectivity index (χ1n) is 7.56. The second-order valence-electron chi connectivity index (χ2n) is 5.26. The van der Waals surface area contributed by atoms with E-state index in [1.807, 2.05) is 0 Å². The van der Waals surface area contributed by atoms with Gasteiger partial charge in [-0.2, -0.15) is 0 Å². The van der Waals surface area contributed by atoms with Crippen molar-refractivity contribution in [3.63, 3.8) is 0 Å². The molecule has 0 radical (unpaired) electrons. The highest BCUT2D eigenvalue weighted by atomic mass is 35.5. The number of rotatable bonds is 6. The van der Waals surface area contributed by atoms with Crippen LogP contribution in [-0.2, 0) is 14.3 Å². The van der Waals surface area contributed by atoms with Gasteiger partial charge in [-0.15, -0.1) is 0 Å². The molecule has 0 atom stereocenters. The molecule has 0 unspecified atom stereocenters. The predicted octanol–water partition coefficient (Wildman–Crippen LogP) is 3.88. The van der Waals surface area contributed by atoms with Crippen molar-refractivity contribution in [3.8, 4) is 0 Å². The average molecular weight is 376 g/mol. The predicted molar refractivity (Wildman–Crippen MR) is 96.5 cm³/mol. The van der Waals surface area contributed by atoms with Crippen molar-refractivity contribution in [1.82, 2.24) is 0 Å². The van der Waals surface area contributed by atoms with Gasteiger partial charge in [0.1, 0.15) is 5.82 Å². The Kier molecular flexibility index (Phi) is 6.63. The van der Waals surface area contributed by atoms with E-state index in [4.69, 9.17) is 16.3 Å². The number of carbonyl (C=O) groups is 3. The van der Waals surface area contributed by atoms with Gasteiger partial charge < -0.3 is 10.1 Å². The van der Waals surface area contributed by atoms with Crippen LogP contribution in [0.3, 0.4) is 0 Å². The molecule has 2 rings (SSSR count). The van der Waals surface area contributed by atoms with Crippen LogP contribution in [0.25, 0.3) is 6.08 Å². The lowest BCUT2D eigenvalue weighted by molar-refractivity contribution is -0.136. The summed E-state index contributed by atoms with van der Waals surface area (Å²) in [7, 11) is 0. The van der Waals surface area contributed by atoms with Gasteiger partial charge in [0.2, 0.25) is 11.7 Å². The van der Waals surface area contributed by atoms with Gasteiger partial charge in [0, 0.05) is 23.7 Å². The summed E-state index contributed by atoms with van der Waals surface area (Å²) in [5, 5.41) is 2.87. The molecule has 7 heteroatoms. The van der Waals surface area contributed by atoms with E-state index in [1.165, 1.54) is 25.1 Å². The van der Waals surface area contributed by atoms with Crippen molar-refractivity contribution >= 4 is 41.0 Å². The normalized spacial score (nSPS) is 10.6. The van der Waals surface area contributed by atoms with E-state index < -0.39 is 24.2 Å². The van der Waals surface area contributed by atoms with Crippen LogP contribution in [0.4, 0.5) is 10.1 Å². The number of carbonyl (C=O) groups excluding carboxylic acids is 3. The van der Waals surface area contributed by atoms with Crippen LogP contribution in [0.15, 0.2) is 48.5 Å². The monoisotopic (exact) mass is 375 g/mol. The zero-order chi connectivity index (χ0) is 19.1. The Morgan fingerprint density at radius 2 is 1.92 bits per heavy atom. The first-order valence-corrected chi connectivity index (χ1v) is 7.94. The Labute approximate surface area is 154 Å². The van der Waals surface area contributed by atoms with Crippen LogP contribution < -0.4 is 5.32 Å². The zero-order valence-electron chi connectivity index (χ0n) is 13.8. The molecule has 2 aromatic rings. The van der Waals surface area contributed by atoms with E-state index in [0.717, 1.165) is 12.1 Å². The molecular weight excluding hydrogens is 361 g/mol. The van der Waals surface area contributed by atoms with Crippen LogP contribution in [0, 0.1) is 5.82 Å². The molecule has 0 aliphatic rings. The molecule has 0 aliphatic heterocycles. The number of benzene rings is 2. The summed E-state index contributed by atoms with van der Waals surface area (Å²) >= 11 is 5.95. The fourth-order valence-corrected chi connectivity index (χ4v) is 2.25. The number of Topliss-reactive ketones (excluding diaryl/α,β-unsaturated/α-hetero) is 1. The summed E-state index contributed by atoms with van der Waals surface area (Å²) in [6.45, 7) is 0.675. The number of ketones is 1. The number of ether oxygens (including phenoxy) is 1. The summed E-state index contributed by atoms with van der Waals surface area (Å²) in [6.07, 6.45) is 2.59. The number of nitrogens with one attached hydrogen (secondary N) is 1. The Bertz CT molecular complexity index is 880. The third-order valence-electron chi connectivity index (χ3n) is 3.24. The second kappa shape index (κ2) is 8.92. The standard InChI is InChI=1S/C19H15ClFNO4/c1-12(23)22-14-7-8-15(17(21)10-14)18(24)11-26-19(25)9-6-13-4-2-3-5-16(13)20/h2-10H,11H2,1H3,(H,22,23)/b9-6+. The van der Waals surface area contributed by atoms with Crippen LogP contribution >= 0.6 is 11.6 Å². The number of hydrogen-bond acceptors (Lipinski definition) is 4. The van der Waals surface area contributed by atoms with E-state index >= 15 is 0 Å². The summed E-state index contributed by atoms with van der Waals surface area (Å²) in [4.78, 5) is 34.6. The Morgan fingerprint density at radius 1 is 1.19 bits per heavy atom. The highest BCUT2D eigenvalue weighted by Crippen LogP contribution is 2.17. The maximum absolute atomic E-state index is 13.9. The maximum Gasteiger partial charge on any atom is 0.331 e. The topological polar surface area (TPSA) is 72.5 Å². The van der Waals surface area contributed by atoms with Crippen molar-refractivity contribution in [1.29, 1.82) is 0 Å². The minimum absolute atomic E-state index is 0.228. The van der Waals surface area contributed by atoms with Gasteiger partial charge in [0.25, 0.3) is 0 Å². The molecule has 26 heavy (non-hydrogen) atoms. The number of anilines is 1. The smallest absolute Gasteiger partial charge is 0.331 e. The zero-order valence-corrected chi connectivity index (χ0v) is 14.5. The van der Waals surface area contributed by atoms with Crippen LogP contribution in [0.1, 0.15) is 22.8 Å². The molecule has 0 bridgehead atoms. The summed E-state index contributed by atoms with van der Waals surface area (Å²) in [6, 6.07) is 10.5. The number of hydrogen-bond donors (Lipinski definition) is 1. The van der Waals surface area contributed by atoms with Crippen LogP contribution in [0.2, 0.25) is 5.02 Å². The molecule has 5 nitrogen and oxygen atoms in total. The molecule has 0 fully saturated rings. The first-order chi connectivity index (χ1) is 12.4. The maximum atomic E-state index is 13.9. The van der Waals surface area contributed by atoms with Gasteiger partial charge in [0.05, 0.1) is 5.56 Å². The highest BCUT2D eigenvalue weighted by Gasteiger charge is 2.14. The van der Waals surface area contributed by atoms with E-state index in [9.17, 15) is 18.8 Å². The van der Waals surface area contributed by atoms with E-state index in [2.05, 4.69) is 5.32 Å². The highest BCUT2D eigenvalue weighted by molar-refractivity contribution is 6.32. The minimum atomic E-state index is -0.816. The Balaban J connectivity index is 1.95. The molecule has 0 spiro atoms. The summed E-state index contributed by atoms with van der Waals surface area (Å²) < 4.78 is 18.8. The largest absolute Gasteiger partial charge is 0.454 e. The van der Waals surface area contributed by atoms with Crippen molar-refractivity contribution in [2.75, 3.05) is 11.9 Å². The molecule has 134 valence electrons. The number of esters is 1. The van der Waals surface area contributed by atoms with Gasteiger partial charge in [-0.25, -0.2) is 9.18 Å². The molecule has 1 N–H and O–H groups in total. The van der Waals surface area contributed by atoms with Gasteiger partial charge in [0.15, 0.2) is 6.61 Å². The average Bonchev–Trinajstić information content (AvgIpc) is 2.58. The van der Waals surface area contributed by atoms with E-state index in [0.29, 0.717) is 10.6 Å². The van der Waals surface area contributed by atoms with Gasteiger partial charge >= 0.3 is 5.97 Å². The van der Waals surface area contributed by atoms with Crippen LogP contribution in [-0.4, -0.2) is 24.3 Å². The van der Waals surface area contributed by atoms with Crippen molar-refractivity contribution in [3.05, 3.63) is 70.5 Å². The number of halogens is 2. The Hall–Kier alpha value is -2.99. The molecule has 0 saturated carbocycles.